The van der Waals surface area contributed by atoms with E-state index in [0.29, 0.717) is 38.9 Å². The second-order valence-electron chi connectivity index (χ2n) is 4.11. The van der Waals surface area contributed by atoms with Crippen molar-refractivity contribution >= 4 is 0 Å². The first-order chi connectivity index (χ1) is 8.20. The van der Waals surface area contributed by atoms with Crippen LogP contribution in [0.15, 0.2) is 24.3 Å². The van der Waals surface area contributed by atoms with Crippen LogP contribution in [-0.2, 0) is 4.74 Å². The maximum absolute atomic E-state index is 9.52. The van der Waals surface area contributed by atoms with Crippen molar-refractivity contribution < 1.29 is 14.9 Å². The summed E-state index contributed by atoms with van der Waals surface area (Å²) in [5, 5.41) is 19.0. The summed E-state index contributed by atoms with van der Waals surface area (Å²) in [6.45, 7) is 4.98. The molecule has 0 aromatic carbocycles. The van der Waals surface area contributed by atoms with Crippen molar-refractivity contribution in [1.29, 1.82) is 0 Å². The van der Waals surface area contributed by atoms with Crippen LogP contribution in [0.4, 0.5) is 0 Å². The molecule has 0 fully saturated rings. The van der Waals surface area contributed by atoms with Crippen molar-refractivity contribution in [2.24, 2.45) is 0 Å². The molecule has 17 heavy (non-hydrogen) atoms. The van der Waals surface area contributed by atoms with Gasteiger partial charge in [0.15, 0.2) is 0 Å². The molecule has 0 amide bonds. The molecule has 0 aliphatic carbocycles. The van der Waals surface area contributed by atoms with E-state index in [1.807, 2.05) is 38.2 Å². The smallest absolute Gasteiger partial charge is 0.0596 e. The SMILES string of the molecule is CC=CCC(O)CCOCCC(O)CC=CC. The van der Waals surface area contributed by atoms with Gasteiger partial charge in [0, 0.05) is 13.2 Å². The molecule has 3 nitrogen and oxygen atoms in total. The van der Waals surface area contributed by atoms with E-state index in [1.165, 1.54) is 0 Å². The Kier molecular flexibility index (Phi) is 11.4. The minimum absolute atomic E-state index is 0.320. The summed E-state index contributed by atoms with van der Waals surface area (Å²) < 4.78 is 5.37. The summed E-state index contributed by atoms with van der Waals surface area (Å²) in [4.78, 5) is 0. The molecule has 0 rings (SSSR count). The molecule has 2 atom stereocenters. The first kappa shape index (κ1) is 16.4. The summed E-state index contributed by atoms with van der Waals surface area (Å²) in [6.07, 6.45) is 9.79. The lowest BCUT2D eigenvalue weighted by Gasteiger charge is -2.10. The van der Waals surface area contributed by atoms with Gasteiger partial charge in [0.2, 0.25) is 0 Å². The van der Waals surface area contributed by atoms with E-state index >= 15 is 0 Å². The average molecular weight is 242 g/mol. The Morgan fingerprint density at radius 3 is 1.65 bits per heavy atom. The Balaban J connectivity index is 3.33. The summed E-state index contributed by atoms with van der Waals surface area (Å²) in [7, 11) is 0. The zero-order valence-electron chi connectivity index (χ0n) is 11.0. The summed E-state index contributed by atoms with van der Waals surface area (Å²) in [6, 6.07) is 0. The minimum Gasteiger partial charge on any atom is -0.393 e. The van der Waals surface area contributed by atoms with Crippen molar-refractivity contribution in [3.8, 4) is 0 Å². The first-order valence-electron chi connectivity index (χ1n) is 6.36. The number of allylic oxidation sites excluding steroid dienone is 2. The van der Waals surface area contributed by atoms with E-state index in [0.717, 1.165) is 0 Å². The van der Waals surface area contributed by atoms with E-state index in [-0.39, 0.29) is 12.2 Å². The molecular formula is C14H26O3. The van der Waals surface area contributed by atoms with Gasteiger partial charge in [-0.05, 0) is 39.5 Å². The van der Waals surface area contributed by atoms with Crippen LogP contribution in [0, 0.1) is 0 Å². The topological polar surface area (TPSA) is 49.7 Å². The van der Waals surface area contributed by atoms with Crippen molar-refractivity contribution in [2.75, 3.05) is 13.2 Å². The van der Waals surface area contributed by atoms with Gasteiger partial charge in [-0.15, -0.1) is 0 Å². The van der Waals surface area contributed by atoms with Crippen LogP contribution >= 0.6 is 0 Å². The molecule has 0 saturated heterocycles. The van der Waals surface area contributed by atoms with Crippen molar-refractivity contribution in [2.45, 2.75) is 51.7 Å². The standard InChI is InChI=1S/C14H26O3/c1-3-5-7-13(15)9-11-17-12-10-14(16)8-6-4-2/h3-6,13-16H,7-12H2,1-2H3. The van der Waals surface area contributed by atoms with E-state index in [4.69, 9.17) is 4.74 Å². The van der Waals surface area contributed by atoms with E-state index in [9.17, 15) is 10.2 Å². The molecule has 0 bridgehead atoms. The van der Waals surface area contributed by atoms with Gasteiger partial charge in [0.05, 0.1) is 12.2 Å². The normalized spacial score (nSPS) is 15.8. The summed E-state index contributed by atoms with van der Waals surface area (Å²) in [5.41, 5.74) is 0. The van der Waals surface area contributed by atoms with Gasteiger partial charge in [-0.3, -0.25) is 0 Å². The third-order valence-corrected chi connectivity index (χ3v) is 2.48. The van der Waals surface area contributed by atoms with E-state index < -0.39 is 0 Å². The molecule has 0 spiro atoms. The third-order valence-electron chi connectivity index (χ3n) is 2.48. The Labute approximate surface area is 105 Å². The zero-order chi connectivity index (χ0) is 12.9. The third kappa shape index (κ3) is 11.6. The molecule has 2 N–H and O–H groups in total. The Morgan fingerprint density at radius 2 is 1.29 bits per heavy atom. The van der Waals surface area contributed by atoms with Crippen molar-refractivity contribution in [1.82, 2.24) is 0 Å². The van der Waals surface area contributed by atoms with Crippen LogP contribution in [0.2, 0.25) is 0 Å². The molecule has 2 unspecified atom stereocenters. The molecule has 0 heterocycles. The predicted molar refractivity (Wildman–Crippen MR) is 70.9 cm³/mol. The molecule has 0 aliphatic rings. The van der Waals surface area contributed by atoms with Crippen molar-refractivity contribution in [3.05, 3.63) is 24.3 Å². The molecule has 0 aromatic heterocycles. The van der Waals surface area contributed by atoms with Gasteiger partial charge in [-0.2, -0.15) is 0 Å². The average Bonchev–Trinajstić information content (AvgIpc) is 2.33. The second-order valence-corrected chi connectivity index (χ2v) is 4.11. The molecule has 0 radical (unpaired) electrons. The van der Waals surface area contributed by atoms with E-state index in [1.54, 1.807) is 0 Å². The van der Waals surface area contributed by atoms with Gasteiger partial charge in [-0.25, -0.2) is 0 Å². The Hall–Kier alpha value is -0.640. The van der Waals surface area contributed by atoms with Gasteiger partial charge >= 0.3 is 0 Å². The maximum atomic E-state index is 9.52. The Morgan fingerprint density at radius 1 is 0.882 bits per heavy atom. The fraction of sp³-hybridized carbons (Fsp3) is 0.714. The molecular weight excluding hydrogens is 216 g/mol. The number of hydrogen-bond donors (Lipinski definition) is 2. The predicted octanol–water partition coefficient (Wildman–Crippen LogP) is 2.44. The van der Waals surface area contributed by atoms with Crippen LogP contribution in [0.3, 0.4) is 0 Å². The molecule has 3 heteroatoms. The lowest BCUT2D eigenvalue weighted by Crippen LogP contribution is -2.13. The van der Waals surface area contributed by atoms with Crippen LogP contribution in [0.5, 0.6) is 0 Å². The molecule has 0 aliphatic heterocycles. The van der Waals surface area contributed by atoms with Gasteiger partial charge in [0.1, 0.15) is 0 Å². The first-order valence-corrected chi connectivity index (χ1v) is 6.36. The molecule has 100 valence electrons. The minimum atomic E-state index is -0.320. The van der Waals surface area contributed by atoms with Gasteiger partial charge in [-0.1, -0.05) is 24.3 Å². The van der Waals surface area contributed by atoms with Crippen LogP contribution < -0.4 is 0 Å². The zero-order valence-corrected chi connectivity index (χ0v) is 11.0. The number of aliphatic hydroxyl groups is 2. The quantitative estimate of drug-likeness (QED) is 0.457. The number of aliphatic hydroxyl groups excluding tert-OH is 2. The Bertz CT molecular complexity index is 190. The van der Waals surface area contributed by atoms with Crippen LogP contribution in [0.25, 0.3) is 0 Å². The summed E-state index contributed by atoms with van der Waals surface area (Å²) in [5.74, 6) is 0. The van der Waals surface area contributed by atoms with Crippen molar-refractivity contribution in [3.63, 3.8) is 0 Å². The highest BCUT2D eigenvalue weighted by molar-refractivity contribution is 4.80. The van der Waals surface area contributed by atoms with Crippen LogP contribution in [0.1, 0.15) is 39.5 Å². The maximum Gasteiger partial charge on any atom is 0.0596 e. The number of ether oxygens (including phenoxy) is 1. The highest BCUT2D eigenvalue weighted by Crippen LogP contribution is 2.02. The highest BCUT2D eigenvalue weighted by Gasteiger charge is 2.03. The van der Waals surface area contributed by atoms with Gasteiger partial charge < -0.3 is 14.9 Å². The molecule has 0 saturated carbocycles. The van der Waals surface area contributed by atoms with Crippen LogP contribution in [-0.4, -0.2) is 35.6 Å². The summed E-state index contributed by atoms with van der Waals surface area (Å²) >= 11 is 0. The largest absolute Gasteiger partial charge is 0.393 e. The number of rotatable bonds is 10. The molecule has 0 aromatic rings. The fourth-order valence-electron chi connectivity index (χ4n) is 1.36. The lowest BCUT2D eigenvalue weighted by molar-refractivity contribution is 0.0589. The van der Waals surface area contributed by atoms with Gasteiger partial charge in [0.25, 0.3) is 0 Å². The second kappa shape index (κ2) is 11.8. The lowest BCUT2D eigenvalue weighted by atomic mass is 10.2. The number of hydrogen-bond acceptors (Lipinski definition) is 3. The highest BCUT2D eigenvalue weighted by atomic mass is 16.5. The fourth-order valence-corrected chi connectivity index (χ4v) is 1.36. The monoisotopic (exact) mass is 242 g/mol. The van der Waals surface area contributed by atoms with E-state index in [2.05, 4.69) is 0 Å².